The van der Waals surface area contributed by atoms with Crippen molar-refractivity contribution in [2.75, 3.05) is 11.9 Å². The SMILES string of the molecule is Cn1nc(C2CCC2)cc1NC(=O)NC(C)(C)CCO. The van der Waals surface area contributed by atoms with Gasteiger partial charge in [-0.05, 0) is 33.1 Å². The summed E-state index contributed by atoms with van der Waals surface area (Å²) in [6, 6.07) is 1.68. The number of aliphatic hydroxyl groups is 1. The Bertz CT molecular complexity index is 478. The van der Waals surface area contributed by atoms with E-state index in [4.69, 9.17) is 5.11 Å². The number of nitrogens with one attached hydrogen (secondary N) is 2. The fourth-order valence-corrected chi connectivity index (χ4v) is 2.31. The monoisotopic (exact) mass is 280 g/mol. The summed E-state index contributed by atoms with van der Waals surface area (Å²) in [4.78, 5) is 12.0. The highest BCUT2D eigenvalue weighted by Gasteiger charge is 2.24. The summed E-state index contributed by atoms with van der Waals surface area (Å²) < 4.78 is 1.70. The minimum atomic E-state index is -0.436. The number of rotatable bonds is 5. The van der Waals surface area contributed by atoms with Crippen molar-refractivity contribution >= 4 is 11.8 Å². The molecule has 1 aromatic rings. The molecule has 0 radical (unpaired) electrons. The number of aryl methyl sites for hydroxylation is 1. The maximum absolute atomic E-state index is 12.0. The number of urea groups is 1. The van der Waals surface area contributed by atoms with Crippen LogP contribution in [0.15, 0.2) is 6.07 Å². The predicted molar refractivity (Wildman–Crippen MR) is 77.7 cm³/mol. The van der Waals surface area contributed by atoms with Crippen molar-refractivity contribution in [1.29, 1.82) is 0 Å². The highest BCUT2D eigenvalue weighted by molar-refractivity contribution is 5.88. The zero-order chi connectivity index (χ0) is 14.8. The fourth-order valence-electron chi connectivity index (χ4n) is 2.31. The van der Waals surface area contributed by atoms with Gasteiger partial charge in [-0.3, -0.25) is 10.00 Å². The number of hydrogen-bond donors (Lipinski definition) is 3. The molecular weight excluding hydrogens is 256 g/mol. The Balaban J connectivity index is 1.95. The van der Waals surface area contributed by atoms with Crippen molar-refractivity contribution in [3.05, 3.63) is 11.8 Å². The van der Waals surface area contributed by atoms with Crippen LogP contribution in [0.25, 0.3) is 0 Å². The van der Waals surface area contributed by atoms with Crippen molar-refractivity contribution in [2.24, 2.45) is 7.05 Å². The van der Waals surface area contributed by atoms with Crippen LogP contribution in [0.4, 0.5) is 10.6 Å². The Morgan fingerprint density at radius 3 is 2.80 bits per heavy atom. The summed E-state index contributed by atoms with van der Waals surface area (Å²) in [5.74, 6) is 1.25. The molecule has 1 fully saturated rings. The van der Waals surface area contributed by atoms with Gasteiger partial charge in [0.05, 0.1) is 5.69 Å². The first kappa shape index (κ1) is 14.8. The van der Waals surface area contributed by atoms with E-state index in [2.05, 4.69) is 15.7 Å². The molecule has 1 aliphatic rings. The van der Waals surface area contributed by atoms with Gasteiger partial charge in [-0.25, -0.2) is 4.79 Å². The van der Waals surface area contributed by atoms with E-state index >= 15 is 0 Å². The predicted octanol–water partition coefficient (Wildman–Crippen LogP) is 1.97. The first-order chi connectivity index (χ1) is 9.41. The Kier molecular flexibility index (Phi) is 4.32. The van der Waals surface area contributed by atoms with Gasteiger partial charge in [-0.15, -0.1) is 0 Å². The molecule has 2 rings (SSSR count). The van der Waals surface area contributed by atoms with Crippen LogP contribution in [-0.2, 0) is 7.05 Å². The van der Waals surface area contributed by atoms with Gasteiger partial charge in [0.15, 0.2) is 0 Å². The third-order valence-corrected chi connectivity index (χ3v) is 3.85. The molecule has 20 heavy (non-hydrogen) atoms. The molecule has 1 heterocycles. The van der Waals surface area contributed by atoms with Crippen LogP contribution in [-0.4, -0.2) is 33.1 Å². The van der Waals surface area contributed by atoms with E-state index in [0.29, 0.717) is 18.2 Å². The molecule has 3 N–H and O–H groups in total. The molecule has 1 aliphatic carbocycles. The molecule has 0 atom stereocenters. The molecule has 0 unspecified atom stereocenters. The molecule has 112 valence electrons. The van der Waals surface area contributed by atoms with Gasteiger partial charge in [0.2, 0.25) is 0 Å². The van der Waals surface area contributed by atoms with Gasteiger partial charge in [0.25, 0.3) is 0 Å². The Hall–Kier alpha value is -1.56. The third kappa shape index (κ3) is 3.50. The highest BCUT2D eigenvalue weighted by atomic mass is 16.3. The van der Waals surface area contributed by atoms with Crippen LogP contribution in [0, 0.1) is 0 Å². The van der Waals surface area contributed by atoms with E-state index in [1.54, 1.807) is 4.68 Å². The maximum atomic E-state index is 12.0. The molecule has 1 aromatic heterocycles. The summed E-state index contributed by atoms with van der Waals surface area (Å²) >= 11 is 0. The van der Waals surface area contributed by atoms with Gasteiger partial charge in [-0.2, -0.15) is 5.10 Å². The van der Waals surface area contributed by atoms with E-state index in [-0.39, 0.29) is 12.6 Å². The smallest absolute Gasteiger partial charge is 0.320 e. The standard InChI is InChI=1S/C14H24N4O2/c1-14(2,7-8-19)16-13(20)15-12-9-11(17-18(12)3)10-5-4-6-10/h9-10,19H,4-8H2,1-3H3,(H2,15,16,20). The van der Waals surface area contributed by atoms with Crippen molar-refractivity contribution in [2.45, 2.75) is 51.0 Å². The Morgan fingerprint density at radius 2 is 2.25 bits per heavy atom. The number of hydrogen-bond acceptors (Lipinski definition) is 3. The lowest BCUT2D eigenvalue weighted by atomic mass is 9.83. The van der Waals surface area contributed by atoms with Gasteiger partial charge in [-0.1, -0.05) is 6.42 Å². The number of aliphatic hydroxyl groups excluding tert-OH is 1. The molecule has 0 aliphatic heterocycles. The number of carbonyl (C=O) groups is 1. The molecule has 0 bridgehead atoms. The molecule has 2 amide bonds. The molecule has 1 saturated carbocycles. The summed E-state index contributed by atoms with van der Waals surface area (Å²) in [6.45, 7) is 3.81. The van der Waals surface area contributed by atoms with Crippen molar-refractivity contribution < 1.29 is 9.90 Å². The number of aromatic nitrogens is 2. The van der Waals surface area contributed by atoms with Crippen LogP contribution < -0.4 is 10.6 Å². The van der Waals surface area contributed by atoms with Crippen molar-refractivity contribution in [1.82, 2.24) is 15.1 Å². The van der Waals surface area contributed by atoms with Crippen LogP contribution in [0.5, 0.6) is 0 Å². The largest absolute Gasteiger partial charge is 0.396 e. The van der Waals surface area contributed by atoms with Gasteiger partial charge in [0, 0.05) is 31.2 Å². The lowest BCUT2D eigenvalue weighted by molar-refractivity contribution is 0.218. The third-order valence-electron chi connectivity index (χ3n) is 3.85. The normalized spacial score (nSPS) is 15.8. The second-order valence-corrected chi connectivity index (χ2v) is 6.14. The summed E-state index contributed by atoms with van der Waals surface area (Å²) in [7, 11) is 1.83. The van der Waals surface area contributed by atoms with Gasteiger partial charge >= 0.3 is 6.03 Å². The second-order valence-electron chi connectivity index (χ2n) is 6.14. The zero-order valence-corrected chi connectivity index (χ0v) is 12.4. The van der Waals surface area contributed by atoms with E-state index in [1.807, 2.05) is 27.0 Å². The van der Waals surface area contributed by atoms with Crippen LogP contribution in [0.2, 0.25) is 0 Å². The minimum absolute atomic E-state index is 0.0464. The van der Waals surface area contributed by atoms with Crippen molar-refractivity contribution in [3.63, 3.8) is 0 Å². The number of anilines is 1. The number of carbonyl (C=O) groups excluding carboxylic acids is 1. The molecule has 0 saturated heterocycles. The molecule has 0 spiro atoms. The highest BCUT2D eigenvalue weighted by Crippen LogP contribution is 2.36. The quantitative estimate of drug-likeness (QED) is 0.771. The number of nitrogens with zero attached hydrogens (tertiary/aromatic N) is 2. The van der Waals surface area contributed by atoms with E-state index in [9.17, 15) is 4.79 Å². The first-order valence-electron chi connectivity index (χ1n) is 7.15. The lowest BCUT2D eigenvalue weighted by Gasteiger charge is -2.25. The minimum Gasteiger partial charge on any atom is -0.396 e. The van der Waals surface area contributed by atoms with Gasteiger partial charge in [0.1, 0.15) is 5.82 Å². The van der Waals surface area contributed by atoms with E-state index in [0.717, 1.165) is 5.69 Å². The number of amides is 2. The summed E-state index contributed by atoms with van der Waals surface area (Å²) in [5.41, 5.74) is 0.623. The molecule has 6 heteroatoms. The van der Waals surface area contributed by atoms with Gasteiger partial charge < -0.3 is 10.4 Å². The lowest BCUT2D eigenvalue weighted by Crippen LogP contribution is -2.46. The van der Waals surface area contributed by atoms with E-state index < -0.39 is 5.54 Å². The van der Waals surface area contributed by atoms with Crippen molar-refractivity contribution in [3.8, 4) is 0 Å². The molecular formula is C14H24N4O2. The average Bonchev–Trinajstić information content (AvgIpc) is 2.55. The first-order valence-corrected chi connectivity index (χ1v) is 7.15. The maximum Gasteiger partial charge on any atom is 0.320 e. The zero-order valence-electron chi connectivity index (χ0n) is 12.4. The summed E-state index contributed by atoms with van der Waals surface area (Å²) in [5, 5.41) is 19.1. The Labute approximate surface area is 119 Å². The fraction of sp³-hybridized carbons (Fsp3) is 0.714. The molecule has 0 aromatic carbocycles. The van der Waals surface area contributed by atoms with Crippen LogP contribution in [0.3, 0.4) is 0 Å². The molecule has 6 nitrogen and oxygen atoms in total. The van der Waals surface area contributed by atoms with E-state index in [1.165, 1.54) is 19.3 Å². The average molecular weight is 280 g/mol. The second kappa shape index (κ2) is 5.83. The topological polar surface area (TPSA) is 79.2 Å². The van der Waals surface area contributed by atoms with Crippen LogP contribution >= 0.6 is 0 Å². The summed E-state index contributed by atoms with van der Waals surface area (Å²) in [6.07, 6.45) is 4.15. The van der Waals surface area contributed by atoms with Crippen LogP contribution in [0.1, 0.15) is 51.1 Å². The Morgan fingerprint density at radius 1 is 1.55 bits per heavy atom.